The van der Waals surface area contributed by atoms with E-state index in [0.717, 1.165) is 24.9 Å². The van der Waals surface area contributed by atoms with E-state index in [4.69, 9.17) is 21.1 Å². The number of nitrogens with one attached hydrogen (secondary N) is 1. The molecular formula is C25H25ClN4O3. The maximum atomic E-state index is 13.1. The lowest BCUT2D eigenvalue weighted by molar-refractivity contribution is -0.0395. The van der Waals surface area contributed by atoms with Gasteiger partial charge in [-0.3, -0.25) is 4.79 Å². The fourth-order valence-corrected chi connectivity index (χ4v) is 4.65. The Morgan fingerprint density at radius 2 is 1.88 bits per heavy atom. The van der Waals surface area contributed by atoms with Gasteiger partial charge in [-0.15, -0.1) is 0 Å². The van der Waals surface area contributed by atoms with Gasteiger partial charge in [-0.05, 0) is 49.2 Å². The molecule has 0 unspecified atom stereocenters. The van der Waals surface area contributed by atoms with Gasteiger partial charge in [-0.2, -0.15) is 0 Å². The second-order valence-corrected chi connectivity index (χ2v) is 8.85. The minimum Gasteiger partial charge on any atom is -0.486 e. The number of hydrogen-bond acceptors (Lipinski definition) is 6. The molecule has 5 rings (SSSR count). The third-order valence-electron chi connectivity index (χ3n) is 6.20. The molecule has 2 aliphatic rings. The second-order valence-electron chi connectivity index (χ2n) is 8.44. The minimum absolute atomic E-state index is 0.0179. The molecule has 1 amide bonds. The Kier molecular flexibility index (Phi) is 6.15. The molecule has 8 heteroatoms. The molecular weight excluding hydrogens is 440 g/mol. The molecule has 2 aromatic carbocycles. The summed E-state index contributed by atoms with van der Waals surface area (Å²) in [5, 5.41) is 3.74. The molecule has 0 radical (unpaired) electrons. The number of carbonyl (C=O) groups excluding carboxylic acids is 1. The zero-order chi connectivity index (χ0) is 22.7. The van der Waals surface area contributed by atoms with Crippen LogP contribution in [0.2, 0.25) is 5.02 Å². The Bertz CT molecular complexity index is 1120. The number of benzene rings is 2. The largest absolute Gasteiger partial charge is 0.486 e. The van der Waals surface area contributed by atoms with Crippen molar-refractivity contribution in [1.29, 1.82) is 0 Å². The van der Waals surface area contributed by atoms with Crippen LogP contribution in [0.3, 0.4) is 0 Å². The molecule has 0 aliphatic carbocycles. The van der Waals surface area contributed by atoms with Crippen LogP contribution < -0.4 is 10.1 Å². The van der Waals surface area contributed by atoms with Crippen LogP contribution in [-0.4, -0.2) is 52.2 Å². The Hall–Kier alpha value is -3.16. The molecule has 1 spiro atoms. The molecule has 0 bridgehead atoms. The van der Waals surface area contributed by atoms with Crippen LogP contribution in [0.15, 0.2) is 67.0 Å². The van der Waals surface area contributed by atoms with Gasteiger partial charge < -0.3 is 19.7 Å². The normalized spacial score (nSPS) is 19.4. The number of likely N-dealkylation sites (tertiary alicyclic amines) is 1. The molecule has 170 valence electrons. The highest BCUT2D eigenvalue weighted by Gasteiger charge is 2.44. The number of aromatic nitrogens is 2. The Balaban J connectivity index is 1.18. The number of para-hydroxylation sites is 1. The number of hydrogen-bond donors (Lipinski definition) is 1. The van der Waals surface area contributed by atoms with Gasteiger partial charge in [-0.1, -0.05) is 29.8 Å². The van der Waals surface area contributed by atoms with Crippen LogP contribution in [-0.2, 0) is 4.74 Å². The van der Waals surface area contributed by atoms with Crippen LogP contribution in [0.4, 0.5) is 11.6 Å². The number of amides is 1. The molecule has 0 saturated carbocycles. The summed E-state index contributed by atoms with van der Waals surface area (Å²) in [5.74, 6) is 1.20. The average Bonchev–Trinajstić information content (AvgIpc) is 3.23. The minimum atomic E-state index is -0.239. The van der Waals surface area contributed by atoms with Gasteiger partial charge in [0, 0.05) is 43.2 Å². The predicted molar refractivity (Wildman–Crippen MR) is 126 cm³/mol. The molecule has 2 fully saturated rings. The molecule has 3 aromatic rings. The van der Waals surface area contributed by atoms with Crippen molar-refractivity contribution in [2.45, 2.75) is 31.0 Å². The third-order valence-corrected chi connectivity index (χ3v) is 6.51. The maximum absolute atomic E-state index is 13.1. The number of ether oxygens (including phenoxy) is 2. The van der Waals surface area contributed by atoms with E-state index in [1.807, 2.05) is 53.4 Å². The van der Waals surface area contributed by atoms with Gasteiger partial charge >= 0.3 is 0 Å². The second kappa shape index (κ2) is 9.37. The first kappa shape index (κ1) is 21.7. The third kappa shape index (κ3) is 4.94. The quantitative estimate of drug-likeness (QED) is 0.589. The summed E-state index contributed by atoms with van der Waals surface area (Å²) < 4.78 is 12.3. The SMILES string of the molecule is O=C(c1cccc(Nc2ncccn2)c1)N1CCC2(CC1)C[C@H](Oc1ccccc1Cl)CO2. The molecule has 3 heterocycles. The van der Waals surface area contributed by atoms with E-state index in [0.29, 0.717) is 42.0 Å². The molecule has 1 aromatic heterocycles. The van der Waals surface area contributed by atoms with Crippen molar-refractivity contribution in [3.8, 4) is 5.75 Å². The van der Waals surface area contributed by atoms with Crippen LogP contribution in [0.5, 0.6) is 5.75 Å². The summed E-state index contributed by atoms with van der Waals surface area (Å²) in [6.45, 7) is 1.84. The highest BCUT2D eigenvalue weighted by molar-refractivity contribution is 6.32. The van der Waals surface area contributed by atoms with Crippen molar-refractivity contribution < 1.29 is 14.3 Å². The van der Waals surface area contributed by atoms with Gasteiger partial charge in [-0.25, -0.2) is 9.97 Å². The number of piperidine rings is 1. The number of carbonyl (C=O) groups is 1. The smallest absolute Gasteiger partial charge is 0.253 e. The lowest BCUT2D eigenvalue weighted by Crippen LogP contribution is -2.46. The Morgan fingerprint density at radius 1 is 1.09 bits per heavy atom. The summed E-state index contributed by atoms with van der Waals surface area (Å²) in [5.41, 5.74) is 1.18. The van der Waals surface area contributed by atoms with Gasteiger partial charge in [0.2, 0.25) is 5.95 Å². The van der Waals surface area contributed by atoms with Crippen molar-refractivity contribution >= 4 is 29.1 Å². The van der Waals surface area contributed by atoms with E-state index in [1.165, 1.54) is 0 Å². The number of anilines is 2. The summed E-state index contributed by atoms with van der Waals surface area (Å²) in [7, 11) is 0. The summed E-state index contributed by atoms with van der Waals surface area (Å²) >= 11 is 6.23. The zero-order valence-electron chi connectivity index (χ0n) is 18.1. The van der Waals surface area contributed by atoms with E-state index in [9.17, 15) is 4.79 Å². The highest BCUT2D eigenvalue weighted by atomic mass is 35.5. The van der Waals surface area contributed by atoms with Crippen molar-refractivity contribution in [3.05, 3.63) is 77.6 Å². The van der Waals surface area contributed by atoms with Crippen molar-refractivity contribution in [2.24, 2.45) is 0 Å². The number of nitrogens with zero attached hydrogens (tertiary/aromatic N) is 3. The summed E-state index contributed by atoms with van der Waals surface area (Å²) in [4.78, 5) is 23.4. The zero-order valence-corrected chi connectivity index (χ0v) is 18.9. The fraction of sp³-hybridized carbons (Fsp3) is 0.320. The van der Waals surface area contributed by atoms with Crippen LogP contribution >= 0.6 is 11.6 Å². The molecule has 33 heavy (non-hydrogen) atoms. The Morgan fingerprint density at radius 3 is 2.67 bits per heavy atom. The lowest BCUT2D eigenvalue weighted by Gasteiger charge is -2.38. The Labute approximate surface area is 197 Å². The first-order chi connectivity index (χ1) is 16.1. The molecule has 2 aliphatic heterocycles. The standard InChI is InChI=1S/C25H25ClN4O3/c26-21-7-1-2-8-22(21)33-20-16-25(32-17-20)9-13-30(14-10-25)23(31)18-5-3-6-19(15-18)29-24-27-11-4-12-28-24/h1-8,11-12,15,20H,9-10,13-14,16-17H2,(H,27,28,29)/t20-/m0/s1. The van der Waals surface area contributed by atoms with E-state index in [1.54, 1.807) is 18.5 Å². The first-order valence-corrected chi connectivity index (χ1v) is 11.5. The van der Waals surface area contributed by atoms with Crippen LogP contribution in [0.25, 0.3) is 0 Å². The molecule has 2 saturated heterocycles. The molecule has 7 nitrogen and oxygen atoms in total. The van der Waals surface area contributed by atoms with Crippen molar-refractivity contribution in [1.82, 2.24) is 14.9 Å². The highest BCUT2D eigenvalue weighted by Crippen LogP contribution is 2.38. The van der Waals surface area contributed by atoms with Gasteiger partial charge in [0.05, 0.1) is 17.2 Å². The van der Waals surface area contributed by atoms with Gasteiger partial charge in [0.25, 0.3) is 5.91 Å². The van der Waals surface area contributed by atoms with Crippen LogP contribution in [0, 0.1) is 0 Å². The number of rotatable bonds is 5. The average molecular weight is 465 g/mol. The molecule has 1 N–H and O–H groups in total. The van der Waals surface area contributed by atoms with E-state index < -0.39 is 0 Å². The van der Waals surface area contributed by atoms with Crippen LogP contribution in [0.1, 0.15) is 29.6 Å². The molecule has 1 atom stereocenters. The monoisotopic (exact) mass is 464 g/mol. The number of halogens is 1. The van der Waals surface area contributed by atoms with E-state index in [2.05, 4.69) is 15.3 Å². The topological polar surface area (TPSA) is 76.6 Å². The predicted octanol–water partition coefficient (Wildman–Crippen LogP) is 4.72. The van der Waals surface area contributed by atoms with E-state index >= 15 is 0 Å². The van der Waals surface area contributed by atoms with Gasteiger partial charge in [0.15, 0.2) is 0 Å². The first-order valence-electron chi connectivity index (χ1n) is 11.1. The summed E-state index contributed by atoms with van der Waals surface area (Å²) in [6, 6.07) is 16.7. The lowest BCUT2D eigenvalue weighted by atomic mass is 9.87. The summed E-state index contributed by atoms with van der Waals surface area (Å²) in [6.07, 6.45) is 5.69. The van der Waals surface area contributed by atoms with Crippen molar-refractivity contribution in [3.63, 3.8) is 0 Å². The van der Waals surface area contributed by atoms with E-state index in [-0.39, 0.29) is 17.6 Å². The van der Waals surface area contributed by atoms with Gasteiger partial charge in [0.1, 0.15) is 11.9 Å². The maximum Gasteiger partial charge on any atom is 0.253 e. The van der Waals surface area contributed by atoms with Crippen molar-refractivity contribution in [2.75, 3.05) is 25.0 Å². The fourth-order valence-electron chi connectivity index (χ4n) is 4.47.